The minimum absolute atomic E-state index is 0.0787. The molecule has 0 saturated heterocycles. The van der Waals surface area contributed by atoms with Gasteiger partial charge < -0.3 is 10.3 Å². The lowest BCUT2D eigenvalue weighted by Gasteiger charge is -2.03. The average Bonchev–Trinajstić information content (AvgIpc) is 2.33. The maximum atomic E-state index is 11.2. The number of aryl methyl sites for hydroxylation is 1. The van der Waals surface area contributed by atoms with Gasteiger partial charge in [0.15, 0.2) is 5.78 Å². The lowest BCUT2D eigenvalue weighted by molar-refractivity contribution is 0.0960. The number of nitrogens with zero attached hydrogens (tertiary/aromatic N) is 2. The predicted molar refractivity (Wildman–Crippen MR) is 41.2 cm³/mol. The molecular weight excluding hydrogens is 142 g/mol. The molecule has 4 heteroatoms. The van der Waals surface area contributed by atoms with Gasteiger partial charge in [-0.3, -0.25) is 4.79 Å². The number of carbonyl (C=O) groups is 1. The monoisotopic (exact) mass is 153 g/mol. The Balaban J connectivity index is 2.93. The molecule has 0 spiro atoms. The van der Waals surface area contributed by atoms with Crippen molar-refractivity contribution in [2.45, 2.75) is 13.0 Å². The first kappa shape index (κ1) is 7.94. The Morgan fingerprint density at radius 1 is 1.82 bits per heavy atom. The SMILES string of the molecule is C[C@H](N)C(=O)c1cncn1C. The van der Waals surface area contributed by atoms with E-state index >= 15 is 0 Å². The topological polar surface area (TPSA) is 60.9 Å². The second-order valence-electron chi connectivity index (χ2n) is 2.54. The third-order valence-electron chi connectivity index (χ3n) is 1.48. The zero-order chi connectivity index (χ0) is 8.43. The molecule has 0 fully saturated rings. The number of Topliss-reactive ketones (excluding diaryl/α,β-unsaturated/α-hetero) is 1. The van der Waals surface area contributed by atoms with Crippen molar-refractivity contribution in [3.63, 3.8) is 0 Å². The molecule has 1 heterocycles. The first-order chi connectivity index (χ1) is 5.13. The van der Waals surface area contributed by atoms with Gasteiger partial charge in [-0.2, -0.15) is 0 Å². The summed E-state index contributed by atoms with van der Waals surface area (Å²) < 4.78 is 1.66. The van der Waals surface area contributed by atoms with Gasteiger partial charge in [0.2, 0.25) is 0 Å². The minimum Gasteiger partial charge on any atom is -0.331 e. The fourth-order valence-corrected chi connectivity index (χ4v) is 0.828. The van der Waals surface area contributed by atoms with E-state index in [0.717, 1.165) is 0 Å². The number of nitrogens with two attached hydrogens (primary N) is 1. The smallest absolute Gasteiger partial charge is 0.197 e. The molecule has 11 heavy (non-hydrogen) atoms. The predicted octanol–water partition coefficient (Wildman–Crippen LogP) is -0.0500. The van der Waals surface area contributed by atoms with Crippen molar-refractivity contribution in [1.82, 2.24) is 9.55 Å². The number of rotatable bonds is 2. The van der Waals surface area contributed by atoms with E-state index < -0.39 is 6.04 Å². The summed E-state index contributed by atoms with van der Waals surface area (Å²) in [5.74, 6) is -0.0787. The largest absolute Gasteiger partial charge is 0.331 e. The van der Waals surface area contributed by atoms with Crippen LogP contribution in [0, 0.1) is 0 Å². The van der Waals surface area contributed by atoms with Crippen LogP contribution in [0.3, 0.4) is 0 Å². The fourth-order valence-electron chi connectivity index (χ4n) is 0.828. The molecule has 0 radical (unpaired) electrons. The third kappa shape index (κ3) is 1.46. The molecule has 0 saturated carbocycles. The maximum absolute atomic E-state index is 11.2. The summed E-state index contributed by atoms with van der Waals surface area (Å²) in [5.41, 5.74) is 5.96. The second-order valence-corrected chi connectivity index (χ2v) is 2.54. The molecule has 2 N–H and O–H groups in total. The molecule has 1 aromatic rings. The highest BCUT2D eigenvalue weighted by atomic mass is 16.1. The van der Waals surface area contributed by atoms with E-state index in [2.05, 4.69) is 4.98 Å². The number of ketones is 1. The van der Waals surface area contributed by atoms with Gasteiger partial charge >= 0.3 is 0 Å². The third-order valence-corrected chi connectivity index (χ3v) is 1.48. The molecule has 0 aromatic carbocycles. The van der Waals surface area contributed by atoms with Crippen LogP contribution in [0.4, 0.5) is 0 Å². The summed E-state index contributed by atoms with van der Waals surface area (Å²) in [7, 11) is 1.77. The van der Waals surface area contributed by atoms with Crippen LogP contribution in [0.1, 0.15) is 17.4 Å². The van der Waals surface area contributed by atoms with E-state index in [4.69, 9.17) is 5.73 Å². The molecule has 0 unspecified atom stereocenters. The van der Waals surface area contributed by atoms with Crippen molar-refractivity contribution in [1.29, 1.82) is 0 Å². The highest BCUT2D eigenvalue weighted by Crippen LogP contribution is 1.99. The standard InChI is InChI=1S/C7H11N3O/c1-5(8)7(11)6-3-9-4-10(6)2/h3-5H,8H2,1-2H3/t5-/m0/s1. The quantitative estimate of drug-likeness (QED) is 0.606. The van der Waals surface area contributed by atoms with E-state index in [-0.39, 0.29) is 5.78 Å². The van der Waals surface area contributed by atoms with Crippen molar-refractivity contribution >= 4 is 5.78 Å². The van der Waals surface area contributed by atoms with Crippen LogP contribution in [-0.4, -0.2) is 21.4 Å². The summed E-state index contributed by atoms with van der Waals surface area (Å²) in [6.07, 6.45) is 3.10. The molecule has 1 rings (SSSR count). The summed E-state index contributed by atoms with van der Waals surface area (Å²) in [6, 6.07) is -0.453. The van der Waals surface area contributed by atoms with Crippen LogP contribution in [0.5, 0.6) is 0 Å². The minimum atomic E-state index is -0.453. The molecule has 0 aliphatic rings. The van der Waals surface area contributed by atoms with Gasteiger partial charge in [-0.05, 0) is 6.92 Å². The summed E-state index contributed by atoms with van der Waals surface area (Å²) in [4.78, 5) is 15.1. The highest BCUT2D eigenvalue weighted by molar-refractivity contribution is 5.98. The normalized spacial score (nSPS) is 13.0. The Hall–Kier alpha value is -1.16. The van der Waals surface area contributed by atoms with E-state index in [1.54, 1.807) is 24.9 Å². The summed E-state index contributed by atoms with van der Waals surface area (Å²) in [5, 5.41) is 0. The second kappa shape index (κ2) is 2.84. The molecule has 1 atom stereocenters. The lowest BCUT2D eigenvalue weighted by Crippen LogP contribution is -2.28. The van der Waals surface area contributed by atoms with Crippen molar-refractivity contribution in [3.8, 4) is 0 Å². The molecule has 4 nitrogen and oxygen atoms in total. The lowest BCUT2D eigenvalue weighted by atomic mass is 10.2. The van der Waals surface area contributed by atoms with Gasteiger partial charge in [0.25, 0.3) is 0 Å². The average molecular weight is 153 g/mol. The molecule has 0 aliphatic heterocycles. The zero-order valence-corrected chi connectivity index (χ0v) is 6.61. The molecule has 0 bridgehead atoms. The Kier molecular flexibility index (Phi) is 2.05. The van der Waals surface area contributed by atoms with Crippen LogP contribution in [0.15, 0.2) is 12.5 Å². The van der Waals surface area contributed by atoms with Crippen LogP contribution in [0.25, 0.3) is 0 Å². The Morgan fingerprint density at radius 2 is 2.45 bits per heavy atom. The molecule has 0 amide bonds. The van der Waals surface area contributed by atoms with Crippen molar-refractivity contribution < 1.29 is 4.79 Å². The number of aromatic nitrogens is 2. The van der Waals surface area contributed by atoms with E-state index in [1.165, 1.54) is 6.20 Å². The first-order valence-electron chi connectivity index (χ1n) is 3.39. The fraction of sp³-hybridized carbons (Fsp3) is 0.429. The Bertz CT molecular complexity index is 264. The number of hydrogen-bond donors (Lipinski definition) is 1. The van der Waals surface area contributed by atoms with Gasteiger partial charge in [0.1, 0.15) is 5.69 Å². The van der Waals surface area contributed by atoms with Crippen molar-refractivity contribution in [3.05, 3.63) is 18.2 Å². The van der Waals surface area contributed by atoms with E-state index in [1.807, 2.05) is 0 Å². The summed E-state index contributed by atoms with van der Waals surface area (Å²) in [6.45, 7) is 1.66. The van der Waals surface area contributed by atoms with Gasteiger partial charge in [-0.15, -0.1) is 0 Å². The number of carbonyl (C=O) groups excluding carboxylic acids is 1. The van der Waals surface area contributed by atoms with Crippen LogP contribution in [-0.2, 0) is 7.05 Å². The van der Waals surface area contributed by atoms with Crippen LogP contribution >= 0.6 is 0 Å². The number of hydrogen-bond acceptors (Lipinski definition) is 3. The van der Waals surface area contributed by atoms with E-state index in [0.29, 0.717) is 5.69 Å². The van der Waals surface area contributed by atoms with Crippen LogP contribution in [0.2, 0.25) is 0 Å². The molecule has 1 aromatic heterocycles. The molecular formula is C7H11N3O. The van der Waals surface area contributed by atoms with Gasteiger partial charge in [0.05, 0.1) is 18.6 Å². The number of imidazole rings is 1. The van der Waals surface area contributed by atoms with Gasteiger partial charge in [0, 0.05) is 7.05 Å². The maximum Gasteiger partial charge on any atom is 0.197 e. The Morgan fingerprint density at radius 3 is 2.82 bits per heavy atom. The highest BCUT2D eigenvalue weighted by Gasteiger charge is 2.13. The zero-order valence-electron chi connectivity index (χ0n) is 6.61. The van der Waals surface area contributed by atoms with Gasteiger partial charge in [-0.25, -0.2) is 4.98 Å². The van der Waals surface area contributed by atoms with Gasteiger partial charge in [-0.1, -0.05) is 0 Å². The molecule has 60 valence electrons. The van der Waals surface area contributed by atoms with E-state index in [9.17, 15) is 4.79 Å². The van der Waals surface area contributed by atoms with Crippen molar-refractivity contribution in [2.75, 3.05) is 0 Å². The van der Waals surface area contributed by atoms with Crippen molar-refractivity contribution in [2.24, 2.45) is 12.8 Å². The van der Waals surface area contributed by atoms with Crippen LogP contribution < -0.4 is 5.73 Å². The Labute approximate surface area is 65.0 Å². The molecule has 0 aliphatic carbocycles. The first-order valence-corrected chi connectivity index (χ1v) is 3.39. The summed E-state index contributed by atoms with van der Waals surface area (Å²) >= 11 is 0.